The van der Waals surface area contributed by atoms with Crippen molar-refractivity contribution < 1.29 is 27.8 Å². The molecule has 1 atom stereocenters. The molecule has 0 aromatic heterocycles. The quantitative estimate of drug-likeness (QED) is 0.876. The van der Waals surface area contributed by atoms with Crippen molar-refractivity contribution in [3.05, 3.63) is 60.2 Å². The Bertz CT molecular complexity index is 700. The molecule has 2 aromatic rings. The fraction of sp³-hybridized carbons (Fsp3) is 0.235. The number of carbonyl (C=O) groups is 1. The van der Waals surface area contributed by atoms with Gasteiger partial charge in [0.1, 0.15) is 12.4 Å². The second kappa shape index (κ2) is 6.92. The van der Waals surface area contributed by atoms with E-state index in [-0.39, 0.29) is 12.3 Å². The zero-order chi connectivity index (χ0) is 17.8. The summed E-state index contributed by atoms with van der Waals surface area (Å²) in [5.41, 5.74) is -2.46. The third-order valence-electron chi connectivity index (χ3n) is 3.33. The predicted molar refractivity (Wildman–Crippen MR) is 82.5 cm³/mol. The molecule has 0 aliphatic heterocycles. The number of rotatable bonds is 5. The lowest BCUT2D eigenvalue weighted by Gasteiger charge is -2.24. The second-order valence-electron chi connectivity index (χ2n) is 5.33. The lowest BCUT2D eigenvalue weighted by Crippen LogP contribution is -2.52. The number of benzene rings is 2. The molecule has 0 bridgehead atoms. The van der Waals surface area contributed by atoms with E-state index < -0.39 is 17.7 Å². The molecular formula is C17H16F3NO3. The van der Waals surface area contributed by atoms with Gasteiger partial charge in [-0.15, -0.1) is 0 Å². The number of carbonyl (C=O) groups excluding carboxylic acids is 1. The first-order valence-corrected chi connectivity index (χ1v) is 7.07. The van der Waals surface area contributed by atoms with E-state index in [1.165, 1.54) is 18.2 Å². The van der Waals surface area contributed by atoms with Crippen LogP contribution >= 0.6 is 0 Å². The number of aliphatic hydroxyl groups is 1. The van der Waals surface area contributed by atoms with Crippen molar-refractivity contribution >= 4 is 11.6 Å². The molecule has 0 saturated carbocycles. The number of ether oxygens (including phenoxy) is 1. The van der Waals surface area contributed by atoms with Crippen LogP contribution in [-0.4, -0.2) is 22.8 Å². The standard InChI is InChI=1S/C17H16F3NO3/c1-16(23,17(18,19)20)15(22)21-13-8-5-9-14(10-13)24-11-12-6-3-2-4-7-12/h2-10,23H,11H2,1H3,(H,21,22)/t16-/m1/s1. The molecule has 0 saturated heterocycles. The van der Waals surface area contributed by atoms with E-state index in [0.717, 1.165) is 5.56 Å². The van der Waals surface area contributed by atoms with Gasteiger partial charge in [0.25, 0.3) is 5.91 Å². The van der Waals surface area contributed by atoms with Crippen LogP contribution in [0.25, 0.3) is 0 Å². The molecule has 1 amide bonds. The van der Waals surface area contributed by atoms with Crippen LogP contribution in [0.3, 0.4) is 0 Å². The smallest absolute Gasteiger partial charge is 0.426 e. The zero-order valence-corrected chi connectivity index (χ0v) is 12.8. The Kier molecular flexibility index (Phi) is 5.14. The lowest BCUT2D eigenvalue weighted by atomic mass is 10.1. The van der Waals surface area contributed by atoms with Crippen molar-refractivity contribution in [2.75, 3.05) is 5.32 Å². The van der Waals surface area contributed by atoms with E-state index in [9.17, 15) is 23.1 Å². The van der Waals surface area contributed by atoms with Crippen molar-refractivity contribution in [2.45, 2.75) is 25.3 Å². The molecule has 4 nitrogen and oxygen atoms in total. The summed E-state index contributed by atoms with van der Waals surface area (Å²) in [6, 6.07) is 15.2. The minimum atomic E-state index is -5.07. The van der Waals surface area contributed by atoms with Crippen LogP contribution in [0, 0.1) is 0 Å². The fourth-order valence-corrected chi connectivity index (χ4v) is 1.79. The van der Waals surface area contributed by atoms with Crippen LogP contribution in [0.5, 0.6) is 5.75 Å². The van der Waals surface area contributed by atoms with Gasteiger partial charge >= 0.3 is 6.18 Å². The first-order valence-electron chi connectivity index (χ1n) is 7.07. The van der Waals surface area contributed by atoms with Crippen molar-refractivity contribution in [1.82, 2.24) is 0 Å². The Balaban J connectivity index is 2.04. The first kappa shape index (κ1) is 17.8. The predicted octanol–water partition coefficient (Wildman–Crippen LogP) is 3.52. The third-order valence-corrected chi connectivity index (χ3v) is 3.33. The summed E-state index contributed by atoms with van der Waals surface area (Å²) in [5.74, 6) is -1.18. The molecular weight excluding hydrogens is 323 g/mol. The Morgan fingerprint density at radius 2 is 1.79 bits per heavy atom. The highest BCUT2D eigenvalue weighted by molar-refractivity contribution is 5.97. The Morgan fingerprint density at radius 1 is 1.12 bits per heavy atom. The van der Waals surface area contributed by atoms with E-state index >= 15 is 0 Å². The molecule has 7 heteroatoms. The van der Waals surface area contributed by atoms with Gasteiger partial charge in [0.2, 0.25) is 5.60 Å². The first-order chi connectivity index (χ1) is 11.2. The maximum Gasteiger partial charge on any atom is 0.426 e. The Labute approximate surface area is 136 Å². The van der Waals surface area contributed by atoms with Gasteiger partial charge < -0.3 is 15.2 Å². The van der Waals surface area contributed by atoms with Gasteiger partial charge in [-0.25, -0.2) is 0 Å². The molecule has 0 unspecified atom stereocenters. The van der Waals surface area contributed by atoms with E-state index in [2.05, 4.69) is 0 Å². The molecule has 0 aliphatic carbocycles. The minimum absolute atomic E-state index is 0.0927. The van der Waals surface area contributed by atoms with Crippen molar-refractivity contribution in [3.8, 4) is 5.75 Å². The van der Waals surface area contributed by atoms with Gasteiger partial charge in [0.05, 0.1) is 0 Å². The van der Waals surface area contributed by atoms with Crippen LogP contribution in [0.15, 0.2) is 54.6 Å². The van der Waals surface area contributed by atoms with E-state index in [1.807, 2.05) is 35.6 Å². The largest absolute Gasteiger partial charge is 0.489 e. The molecule has 0 fully saturated rings. The molecule has 0 spiro atoms. The summed E-state index contributed by atoms with van der Waals surface area (Å²) < 4.78 is 43.4. The molecule has 2 rings (SSSR count). The van der Waals surface area contributed by atoms with Crippen LogP contribution in [0.1, 0.15) is 12.5 Å². The maximum atomic E-state index is 12.6. The zero-order valence-electron chi connectivity index (χ0n) is 12.8. The third kappa shape index (κ3) is 4.26. The second-order valence-corrected chi connectivity index (χ2v) is 5.33. The Morgan fingerprint density at radius 3 is 2.42 bits per heavy atom. The van der Waals surface area contributed by atoms with Gasteiger partial charge in [-0.05, 0) is 24.6 Å². The van der Waals surface area contributed by atoms with Crippen molar-refractivity contribution in [2.24, 2.45) is 0 Å². The lowest BCUT2D eigenvalue weighted by molar-refractivity contribution is -0.242. The number of hydrogen-bond donors (Lipinski definition) is 2. The summed E-state index contributed by atoms with van der Waals surface area (Å²) in [7, 11) is 0. The molecule has 0 radical (unpaired) electrons. The van der Waals surface area contributed by atoms with Gasteiger partial charge in [-0.3, -0.25) is 4.79 Å². The van der Waals surface area contributed by atoms with Gasteiger partial charge in [-0.1, -0.05) is 36.4 Å². The topological polar surface area (TPSA) is 58.6 Å². The maximum absolute atomic E-state index is 12.6. The number of nitrogens with one attached hydrogen (secondary N) is 1. The average Bonchev–Trinajstić information content (AvgIpc) is 2.53. The Hall–Kier alpha value is -2.54. The summed E-state index contributed by atoms with van der Waals surface area (Å²) >= 11 is 0. The molecule has 2 aromatic carbocycles. The fourth-order valence-electron chi connectivity index (χ4n) is 1.79. The number of anilines is 1. The summed E-state index contributed by atoms with van der Waals surface area (Å²) in [5, 5.41) is 11.4. The van der Waals surface area contributed by atoms with Crippen LogP contribution < -0.4 is 10.1 Å². The summed E-state index contributed by atoms with van der Waals surface area (Å²) in [6.45, 7) is 0.677. The van der Waals surface area contributed by atoms with Crippen molar-refractivity contribution in [1.29, 1.82) is 0 Å². The highest BCUT2D eigenvalue weighted by Gasteiger charge is 2.55. The molecule has 0 aliphatic rings. The number of halogens is 3. The summed E-state index contributed by atoms with van der Waals surface area (Å²) in [6.07, 6.45) is -5.07. The summed E-state index contributed by atoms with van der Waals surface area (Å²) in [4.78, 5) is 11.6. The minimum Gasteiger partial charge on any atom is -0.489 e. The average molecular weight is 339 g/mol. The normalized spacial score (nSPS) is 13.9. The highest BCUT2D eigenvalue weighted by atomic mass is 19.4. The molecule has 0 heterocycles. The highest BCUT2D eigenvalue weighted by Crippen LogP contribution is 2.31. The SMILES string of the molecule is C[C@@](O)(C(=O)Nc1cccc(OCc2ccccc2)c1)C(F)(F)F. The van der Waals surface area contributed by atoms with Crippen LogP contribution in [-0.2, 0) is 11.4 Å². The molecule has 128 valence electrons. The van der Waals surface area contributed by atoms with Gasteiger partial charge in [-0.2, -0.15) is 13.2 Å². The van der Waals surface area contributed by atoms with Crippen molar-refractivity contribution in [3.63, 3.8) is 0 Å². The number of hydrogen-bond acceptors (Lipinski definition) is 3. The van der Waals surface area contributed by atoms with Gasteiger partial charge in [0, 0.05) is 11.8 Å². The van der Waals surface area contributed by atoms with E-state index in [0.29, 0.717) is 12.7 Å². The van der Waals surface area contributed by atoms with E-state index in [1.54, 1.807) is 6.07 Å². The number of alkyl halides is 3. The van der Waals surface area contributed by atoms with E-state index in [4.69, 9.17) is 4.74 Å². The number of amides is 1. The van der Waals surface area contributed by atoms with Crippen LogP contribution in [0.2, 0.25) is 0 Å². The van der Waals surface area contributed by atoms with Crippen LogP contribution in [0.4, 0.5) is 18.9 Å². The molecule has 2 N–H and O–H groups in total. The molecule has 24 heavy (non-hydrogen) atoms. The monoisotopic (exact) mass is 339 g/mol. The van der Waals surface area contributed by atoms with Gasteiger partial charge in [0.15, 0.2) is 0 Å².